The van der Waals surface area contributed by atoms with Gasteiger partial charge in [-0.05, 0) is 81.3 Å². The van der Waals surface area contributed by atoms with Gasteiger partial charge in [0, 0.05) is 18.0 Å². The van der Waals surface area contributed by atoms with Crippen LogP contribution < -0.4 is 4.74 Å². The van der Waals surface area contributed by atoms with Gasteiger partial charge in [-0.25, -0.2) is 0 Å². The van der Waals surface area contributed by atoms with E-state index in [9.17, 15) is 4.79 Å². The molecule has 1 aromatic carbocycles. The number of nitrogens with zero attached hydrogens (tertiary/aromatic N) is 1. The Bertz CT molecular complexity index is 716. The number of thiophene rings is 1. The second-order valence-corrected chi connectivity index (χ2v) is 8.81. The quantitative estimate of drug-likeness (QED) is 0.574. The van der Waals surface area contributed by atoms with Crippen molar-refractivity contribution in [1.29, 1.82) is 0 Å². The van der Waals surface area contributed by atoms with Crippen LogP contribution in [0.4, 0.5) is 0 Å². The van der Waals surface area contributed by atoms with E-state index in [0.717, 1.165) is 26.1 Å². The summed E-state index contributed by atoms with van der Waals surface area (Å²) in [6.45, 7) is 8.84. The van der Waals surface area contributed by atoms with Crippen LogP contribution in [-0.2, 0) is 24.2 Å². The number of rotatable bonds is 5. The third-order valence-corrected chi connectivity index (χ3v) is 5.51. The molecule has 25 heavy (non-hydrogen) atoms. The van der Waals surface area contributed by atoms with E-state index < -0.39 is 5.41 Å². The molecule has 134 valence electrons. The maximum absolute atomic E-state index is 12.0. The van der Waals surface area contributed by atoms with Gasteiger partial charge in [-0.3, -0.25) is 9.69 Å². The van der Waals surface area contributed by atoms with Crippen LogP contribution in [-0.4, -0.2) is 24.0 Å². The smallest absolute Gasteiger partial charge is 0.316 e. The molecule has 0 saturated heterocycles. The number of aryl methyl sites for hydroxylation is 1. The van der Waals surface area contributed by atoms with Crippen LogP contribution in [0.3, 0.4) is 0 Å². The number of carbonyl (C=O) groups excluding carboxylic acids is 1. The fourth-order valence-corrected chi connectivity index (χ4v) is 3.79. The molecule has 0 fully saturated rings. The first-order valence-corrected chi connectivity index (χ1v) is 9.88. The van der Waals surface area contributed by atoms with E-state index in [2.05, 4.69) is 28.5 Å². The van der Waals surface area contributed by atoms with Crippen molar-refractivity contribution in [3.8, 4) is 5.75 Å². The lowest BCUT2D eigenvalue weighted by Gasteiger charge is -2.29. The monoisotopic (exact) mass is 357 g/mol. The number of fused-ring (bicyclic) bond motifs is 1. The van der Waals surface area contributed by atoms with E-state index in [1.54, 1.807) is 0 Å². The molecule has 1 aliphatic rings. The maximum Gasteiger partial charge on any atom is 0.316 e. The molecule has 3 nitrogen and oxygen atoms in total. The zero-order chi connectivity index (χ0) is 17.9. The van der Waals surface area contributed by atoms with Crippen LogP contribution in [0.25, 0.3) is 0 Å². The summed E-state index contributed by atoms with van der Waals surface area (Å²) in [5.41, 5.74) is 2.20. The molecule has 0 aliphatic carbocycles. The van der Waals surface area contributed by atoms with Crippen molar-refractivity contribution in [3.63, 3.8) is 0 Å². The van der Waals surface area contributed by atoms with E-state index in [-0.39, 0.29) is 5.97 Å². The van der Waals surface area contributed by atoms with Crippen molar-refractivity contribution in [2.45, 2.75) is 46.6 Å². The molecule has 2 heterocycles. The van der Waals surface area contributed by atoms with Gasteiger partial charge in [-0.2, -0.15) is 0 Å². The Kier molecular flexibility index (Phi) is 5.60. The average Bonchev–Trinajstić information content (AvgIpc) is 3.07. The zero-order valence-electron chi connectivity index (χ0n) is 15.4. The summed E-state index contributed by atoms with van der Waals surface area (Å²) in [6, 6.07) is 10.4. The zero-order valence-corrected chi connectivity index (χ0v) is 16.2. The van der Waals surface area contributed by atoms with Crippen molar-refractivity contribution >= 4 is 17.3 Å². The topological polar surface area (TPSA) is 29.5 Å². The van der Waals surface area contributed by atoms with Gasteiger partial charge < -0.3 is 4.74 Å². The molecule has 0 atom stereocenters. The summed E-state index contributed by atoms with van der Waals surface area (Å²) >= 11 is 1.85. The summed E-state index contributed by atoms with van der Waals surface area (Å²) in [5.74, 6) is 0.489. The first kappa shape index (κ1) is 18.2. The highest BCUT2D eigenvalue weighted by Gasteiger charge is 2.24. The second kappa shape index (κ2) is 7.71. The van der Waals surface area contributed by atoms with Crippen LogP contribution in [0.15, 0.2) is 35.7 Å². The Morgan fingerprint density at radius 3 is 2.80 bits per heavy atom. The van der Waals surface area contributed by atoms with E-state index in [1.807, 2.05) is 44.2 Å². The summed E-state index contributed by atoms with van der Waals surface area (Å²) in [7, 11) is 0. The maximum atomic E-state index is 12.0. The van der Waals surface area contributed by atoms with Crippen molar-refractivity contribution < 1.29 is 9.53 Å². The van der Waals surface area contributed by atoms with Crippen molar-refractivity contribution in [3.05, 3.63) is 51.7 Å². The number of hydrogen-bond donors (Lipinski definition) is 0. The van der Waals surface area contributed by atoms with Gasteiger partial charge in [-0.1, -0.05) is 12.1 Å². The molecule has 2 aromatic rings. The highest BCUT2D eigenvalue weighted by molar-refractivity contribution is 7.09. The summed E-state index contributed by atoms with van der Waals surface area (Å²) in [5, 5.41) is 2.15. The van der Waals surface area contributed by atoms with Crippen molar-refractivity contribution in [2.24, 2.45) is 5.41 Å². The normalized spacial score (nSPS) is 15.0. The number of esters is 1. The number of hydrogen-bond acceptors (Lipinski definition) is 4. The van der Waals surface area contributed by atoms with Crippen LogP contribution in [0.1, 0.15) is 43.2 Å². The largest absolute Gasteiger partial charge is 0.426 e. The molecule has 4 heteroatoms. The highest BCUT2D eigenvalue weighted by atomic mass is 32.1. The van der Waals surface area contributed by atoms with Crippen molar-refractivity contribution in [2.75, 3.05) is 13.1 Å². The fourth-order valence-electron chi connectivity index (χ4n) is 3.03. The van der Waals surface area contributed by atoms with Crippen molar-refractivity contribution in [1.82, 2.24) is 4.90 Å². The predicted octanol–water partition coefficient (Wildman–Crippen LogP) is 4.69. The molecule has 3 rings (SSSR count). The Hall–Kier alpha value is -1.65. The predicted molar refractivity (Wildman–Crippen MR) is 103 cm³/mol. The Balaban J connectivity index is 1.54. The molecule has 0 N–H and O–H groups in total. The Morgan fingerprint density at radius 2 is 2.08 bits per heavy atom. The first-order chi connectivity index (χ1) is 11.9. The molecule has 0 saturated carbocycles. The Labute approximate surface area is 154 Å². The number of benzene rings is 1. The third-order valence-electron chi connectivity index (χ3n) is 4.57. The summed E-state index contributed by atoms with van der Waals surface area (Å²) in [6.07, 6.45) is 3.40. The lowest BCUT2D eigenvalue weighted by molar-refractivity contribution is -0.143. The van der Waals surface area contributed by atoms with Gasteiger partial charge in [-0.15, -0.1) is 11.3 Å². The minimum Gasteiger partial charge on any atom is -0.426 e. The highest BCUT2D eigenvalue weighted by Crippen LogP contribution is 2.26. The van der Waals surface area contributed by atoms with Gasteiger partial charge in [0.2, 0.25) is 0 Å². The third kappa shape index (κ3) is 4.93. The molecule has 1 aromatic heterocycles. The molecule has 0 unspecified atom stereocenters. The number of ether oxygens (including phenoxy) is 1. The molecule has 0 radical (unpaired) electrons. The molecule has 1 aliphatic heterocycles. The second-order valence-electron chi connectivity index (χ2n) is 7.78. The minimum atomic E-state index is -0.477. The van der Waals surface area contributed by atoms with Crippen LogP contribution in [0.5, 0.6) is 5.75 Å². The fraction of sp³-hybridized carbons (Fsp3) is 0.476. The van der Waals surface area contributed by atoms with Gasteiger partial charge >= 0.3 is 5.97 Å². The Morgan fingerprint density at radius 1 is 1.24 bits per heavy atom. The van der Waals surface area contributed by atoms with Gasteiger partial charge in [0.15, 0.2) is 0 Å². The SMILES string of the molecule is CC(C)(C)C(=O)Oc1ccc2c(c1)CCN(CCCc1cccs1)C2. The standard InChI is InChI=1S/C21H27NO2S/c1-21(2,3)20(23)24-18-9-8-17-15-22(12-10-16(17)14-18)11-4-6-19-7-5-13-25-19/h5,7-9,13-14H,4,6,10-12,15H2,1-3H3. The molecule has 0 amide bonds. The lowest BCUT2D eigenvalue weighted by Crippen LogP contribution is -2.31. The van der Waals surface area contributed by atoms with E-state index >= 15 is 0 Å². The van der Waals surface area contributed by atoms with Gasteiger partial charge in [0.1, 0.15) is 5.75 Å². The lowest BCUT2D eigenvalue weighted by atomic mass is 9.97. The number of carbonyl (C=O) groups is 1. The average molecular weight is 358 g/mol. The minimum absolute atomic E-state index is 0.182. The van der Waals surface area contributed by atoms with E-state index in [4.69, 9.17) is 4.74 Å². The van der Waals surface area contributed by atoms with E-state index in [1.165, 1.54) is 28.8 Å². The molecular weight excluding hydrogens is 330 g/mol. The first-order valence-electron chi connectivity index (χ1n) is 9.00. The van der Waals surface area contributed by atoms with E-state index in [0.29, 0.717) is 5.75 Å². The van der Waals surface area contributed by atoms with Gasteiger partial charge in [0.05, 0.1) is 5.41 Å². The summed E-state index contributed by atoms with van der Waals surface area (Å²) < 4.78 is 5.53. The van der Waals surface area contributed by atoms with Crippen LogP contribution in [0.2, 0.25) is 0 Å². The van der Waals surface area contributed by atoms with Crippen LogP contribution in [0, 0.1) is 5.41 Å². The summed E-state index contributed by atoms with van der Waals surface area (Å²) in [4.78, 5) is 16.0. The van der Waals surface area contributed by atoms with Gasteiger partial charge in [0.25, 0.3) is 0 Å². The molecule has 0 bridgehead atoms. The van der Waals surface area contributed by atoms with Crippen LogP contribution >= 0.6 is 11.3 Å². The molecule has 0 spiro atoms. The molecular formula is C21H27NO2S.